The first kappa shape index (κ1) is 18.7. The van der Waals surface area contributed by atoms with Crippen molar-refractivity contribution in [2.24, 2.45) is 0 Å². The largest absolute Gasteiger partial charge is 0.497 e. The minimum absolute atomic E-state index is 0.322. The maximum absolute atomic E-state index is 12.9. The van der Waals surface area contributed by atoms with Gasteiger partial charge in [0.25, 0.3) is 5.91 Å². The first-order valence-electron chi connectivity index (χ1n) is 8.39. The van der Waals surface area contributed by atoms with Crippen LogP contribution >= 0.6 is 0 Å². The van der Waals surface area contributed by atoms with Crippen molar-refractivity contribution in [1.29, 1.82) is 0 Å². The van der Waals surface area contributed by atoms with Crippen molar-refractivity contribution in [3.63, 3.8) is 0 Å². The SMILES string of the molecule is CCCC/C(OCC)=C1\C(=O)N(C(C)=O)c2ccc(C(=O)OC)cc21. The summed E-state index contributed by atoms with van der Waals surface area (Å²) in [6.07, 6.45) is 2.40. The Hall–Kier alpha value is -2.63. The fourth-order valence-electron chi connectivity index (χ4n) is 2.88. The number of nitrogens with zero attached hydrogens (tertiary/aromatic N) is 1. The van der Waals surface area contributed by atoms with Crippen molar-refractivity contribution in [2.45, 2.75) is 40.0 Å². The zero-order chi connectivity index (χ0) is 18.6. The number of rotatable bonds is 6. The number of carbonyl (C=O) groups excluding carboxylic acids is 3. The summed E-state index contributed by atoms with van der Waals surface area (Å²) in [5.74, 6) is -0.730. The lowest BCUT2D eigenvalue weighted by molar-refractivity contribution is -0.122. The first-order valence-corrected chi connectivity index (χ1v) is 8.39. The number of anilines is 1. The molecule has 6 heteroatoms. The number of esters is 1. The van der Waals surface area contributed by atoms with Gasteiger partial charge in [0.1, 0.15) is 5.76 Å². The van der Waals surface area contributed by atoms with E-state index in [4.69, 9.17) is 9.47 Å². The molecule has 134 valence electrons. The molecule has 0 spiro atoms. The molecule has 0 unspecified atom stereocenters. The molecular weight excluding hydrogens is 322 g/mol. The number of amides is 2. The van der Waals surface area contributed by atoms with Crippen LogP contribution < -0.4 is 4.90 Å². The number of carbonyl (C=O) groups is 3. The molecule has 1 aliphatic rings. The molecule has 0 aliphatic carbocycles. The smallest absolute Gasteiger partial charge is 0.337 e. The van der Waals surface area contributed by atoms with Crippen LogP contribution in [-0.4, -0.2) is 31.5 Å². The van der Waals surface area contributed by atoms with Gasteiger partial charge >= 0.3 is 5.97 Å². The standard InChI is InChI=1S/C19H23NO5/c1-5-7-8-16(25-6-2)17-14-11-13(19(23)24-4)9-10-15(14)20(12(3)21)18(17)22/h9-11H,5-8H2,1-4H3/b17-16+. The van der Waals surface area contributed by atoms with E-state index in [9.17, 15) is 14.4 Å². The third-order valence-electron chi connectivity index (χ3n) is 4.01. The zero-order valence-corrected chi connectivity index (χ0v) is 15.0. The van der Waals surface area contributed by atoms with Gasteiger partial charge in [0.15, 0.2) is 0 Å². The number of hydrogen-bond acceptors (Lipinski definition) is 5. The molecule has 0 fully saturated rings. The Morgan fingerprint density at radius 2 is 1.92 bits per heavy atom. The molecule has 1 aromatic carbocycles. The second kappa shape index (κ2) is 7.96. The number of benzene rings is 1. The summed E-state index contributed by atoms with van der Waals surface area (Å²) in [5.41, 5.74) is 1.67. The van der Waals surface area contributed by atoms with Gasteiger partial charge in [-0.3, -0.25) is 9.59 Å². The number of imide groups is 1. The average molecular weight is 345 g/mol. The van der Waals surface area contributed by atoms with E-state index in [1.54, 1.807) is 18.2 Å². The van der Waals surface area contributed by atoms with Gasteiger partial charge in [0.05, 0.1) is 30.5 Å². The maximum atomic E-state index is 12.9. The number of methoxy groups -OCH3 is 1. The molecule has 6 nitrogen and oxygen atoms in total. The number of hydrogen-bond donors (Lipinski definition) is 0. The van der Waals surface area contributed by atoms with Gasteiger partial charge in [0, 0.05) is 18.9 Å². The fraction of sp³-hybridized carbons (Fsp3) is 0.421. The van der Waals surface area contributed by atoms with Crippen LogP contribution in [0.1, 0.15) is 56.0 Å². The molecule has 2 amide bonds. The van der Waals surface area contributed by atoms with E-state index in [-0.39, 0.29) is 5.91 Å². The molecule has 0 atom stereocenters. The number of fused-ring (bicyclic) bond motifs is 1. The number of unbranched alkanes of at least 4 members (excludes halogenated alkanes) is 1. The van der Waals surface area contributed by atoms with E-state index in [2.05, 4.69) is 6.92 Å². The molecular formula is C19H23NO5. The van der Waals surface area contributed by atoms with Crippen LogP contribution in [0.5, 0.6) is 0 Å². The first-order chi connectivity index (χ1) is 12.0. The van der Waals surface area contributed by atoms with Gasteiger partial charge in [-0.1, -0.05) is 13.3 Å². The Bertz CT molecular complexity index is 735. The second-order valence-electron chi connectivity index (χ2n) is 5.72. The highest BCUT2D eigenvalue weighted by atomic mass is 16.5. The zero-order valence-electron chi connectivity index (χ0n) is 15.0. The van der Waals surface area contributed by atoms with E-state index < -0.39 is 11.9 Å². The lowest BCUT2D eigenvalue weighted by Gasteiger charge is -2.13. The minimum Gasteiger partial charge on any atom is -0.497 e. The molecule has 25 heavy (non-hydrogen) atoms. The summed E-state index contributed by atoms with van der Waals surface area (Å²) < 4.78 is 10.5. The fourth-order valence-corrected chi connectivity index (χ4v) is 2.88. The molecule has 0 bridgehead atoms. The summed E-state index contributed by atoms with van der Waals surface area (Å²) >= 11 is 0. The summed E-state index contributed by atoms with van der Waals surface area (Å²) in [6, 6.07) is 4.72. The highest BCUT2D eigenvalue weighted by Gasteiger charge is 2.38. The van der Waals surface area contributed by atoms with Crippen molar-refractivity contribution in [1.82, 2.24) is 0 Å². The van der Waals surface area contributed by atoms with Crippen LogP contribution in [0, 0.1) is 0 Å². The maximum Gasteiger partial charge on any atom is 0.337 e. The third-order valence-corrected chi connectivity index (χ3v) is 4.01. The van der Waals surface area contributed by atoms with Crippen LogP contribution in [-0.2, 0) is 19.1 Å². The Kier molecular flexibility index (Phi) is 5.96. The van der Waals surface area contributed by atoms with Crippen molar-refractivity contribution in [3.05, 3.63) is 35.1 Å². The summed E-state index contributed by atoms with van der Waals surface area (Å²) in [6.45, 7) is 5.66. The Morgan fingerprint density at radius 1 is 1.20 bits per heavy atom. The topological polar surface area (TPSA) is 72.9 Å². The van der Waals surface area contributed by atoms with Gasteiger partial charge < -0.3 is 9.47 Å². The molecule has 1 heterocycles. The van der Waals surface area contributed by atoms with Crippen LogP contribution in [0.25, 0.3) is 5.57 Å². The van der Waals surface area contributed by atoms with Gasteiger partial charge in [-0.15, -0.1) is 0 Å². The second-order valence-corrected chi connectivity index (χ2v) is 5.72. The summed E-state index contributed by atoms with van der Waals surface area (Å²) in [4.78, 5) is 37.8. The van der Waals surface area contributed by atoms with Gasteiger partial charge in [-0.2, -0.15) is 0 Å². The number of ether oxygens (including phenoxy) is 2. The van der Waals surface area contributed by atoms with Gasteiger partial charge in [0.2, 0.25) is 5.91 Å². The van der Waals surface area contributed by atoms with E-state index in [0.29, 0.717) is 41.2 Å². The predicted octanol–water partition coefficient (Wildman–Crippen LogP) is 3.30. The highest BCUT2D eigenvalue weighted by Crippen LogP contribution is 2.40. The summed E-state index contributed by atoms with van der Waals surface area (Å²) in [7, 11) is 1.30. The molecule has 1 aliphatic heterocycles. The minimum atomic E-state index is -0.498. The van der Waals surface area contributed by atoms with Crippen LogP contribution in [0.3, 0.4) is 0 Å². The average Bonchev–Trinajstić information content (AvgIpc) is 2.89. The predicted molar refractivity (Wildman–Crippen MR) is 94.0 cm³/mol. The Morgan fingerprint density at radius 3 is 2.48 bits per heavy atom. The molecule has 0 radical (unpaired) electrons. The van der Waals surface area contributed by atoms with Crippen molar-refractivity contribution >= 4 is 29.0 Å². The molecule has 0 saturated carbocycles. The molecule has 2 rings (SSSR count). The third kappa shape index (κ3) is 3.57. The lowest BCUT2D eigenvalue weighted by Crippen LogP contribution is -2.31. The monoisotopic (exact) mass is 345 g/mol. The highest BCUT2D eigenvalue weighted by molar-refractivity contribution is 6.40. The molecule has 1 aromatic rings. The van der Waals surface area contributed by atoms with Gasteiger partial charge in [-0.25, -0.2) is 9.69 Å². The summed E-state index contributed by atoms with van der Waals surface area (Å²) in [5, 5.41) is 0. The Labute approximate surface area is 147 Å². The number of allylic oxidation sites excluding steroid dienone is 1. The molecule has 0 aromatic heterocycles. The van der Waals surface area contributed by atoms with Crippen LogP contribution in [0.15, 0.2) is 24.0 Å². The molecule has 0 saturated heterocycles. The normalized spacial score (nSPS) is 15.0. The quantitative estimate of drug-likeness (QED) is 0.449. The van der Waals surface area contributed by atoms with Crippen LogP contribution in [0.4, 0.5) is 5.69 Å². The molecule has 0 N–H and O–H groups in total. The van der Waals surface area contributed by atoms with E-state index in [1.165, 1.54) is 14.0 Å². The van der Waals surface area contributed by atoms with E-state index in [0.717, 1.165) is 17.7 Å². The van der Waals surface area contributed by atoms with E-state index >= 15 is 0 Å². The van der Waals surface area contributed by atoms with Crippen molar-refractivity contribution in [2.75, 3.05) is 18.6 Å². The van der Waals surface area contributed by atoms with Crippen LogP contribution in [0.2, 0.25) is 0 Å². The van der Waals surface area contributed by atoms with Crippen molar-refractivity contribution < 1.29 is 23.9 Å². The Balaban J connectivity index is 2.67. The van der Waals surface area contributed by atoms with Crippen molar-refractivity contribution in [3.8, 4) is 0 Å². The van der Waals surface area contributed by atoms with Gasteiger partial charge in [-0.05, 0) is 31.5 Å². The van der Waals surface area contributed by atoms with E-state index in [1.807, 2.05) is 6.92 Å². The lowest BCUT2D eigenvalue weighted by atomic mass is 10.0.